The fourth-order valence-electron chi connectivity index (χ4n) is 0.234. The van der Waals surface area contributed by atoms with Gasteiger partial charge in [-0.2, -0.15) is 0 Å². The lowest BCUT2D eigenvalue weighted by molar-refractivity contribution is -0.126. The quantitative estimate of drug-likeness (QED) is 0.608. The molecule has 0 spiro atoms. The summed E-state index contributed by atoms with van der Waals surface area (Å²) in [7, 11) is 1.31. The molecule has 10 heavy (non-hydrogen) atoms. The van der Waals surface area contributed by atoms with E-state index in [4.69, 9.17) is 10.5 Å². The predicted molar refractivity (Wildman–Crippen MR) is 39.6 cm³/mol. The van der Waals surface area contributed by atoms with Crippen molar-refractivity contribution in [1.82, 2.24) is 4.98 Å². The van der Waals surface area contributed by atoms with Crippen LogP contribution >= 0.6 is 11.3 Å². The number of nitrogens with two attached hydrogens (primary N) is 1. The van der Waals surface area contributed by atoms with Crippen molar-refractivity contribution in [3.05, 3.63) is 11.6 Å². The van der Waals surface area contributed by atoms with Gasteiger partial charge in [0.25, 0.3) is 6.47 Å². The first-order chi connectivity index (χ1) is 4.81. The van der Waals surface area contributed by atoms with E-state index in [1.165, 1.54) is 18.4 Å². The summed E-state index contributed by atoms with van der Waals surface area (Å²) in [5.41, 5.74) is 5.19. The summed E-state index contributed by atoms with van der Waals surface area (Å²) in [5, 5.41) is 2.48. The van der Waals surface area contributed by atoms with Gasteiger partial charge in [0.1, 0.15) is 0 Å². The number of hydrogen-bond acceptors (Lipinski definition) is 5. The monoisotopic (exact) mass is 160 g/mol. The lowest BCUT2D eigenvalue weighted by Crippen LogP contribution is -1.77. The lowest BCUT2D eigenvalue weighted by Gasteiger charge is -1.67. The zero-order chi connectivity index (χ0) is 7.82. The Kier molecular flexibility index (Phi) is 5.36. The number of carbonyl (C=O) groups is 1. The maximum absolute atomic E-state index is 8.95. The van der Waals surface area contributed by atoms with Gasteiger partial charge in [0.15, 0.2) is 5.13 Å². The molecule has 0 aromatic carbocycles. The van der Waals surface area contributed by atoms with Crippen molar-refractivity contribution >= 4 is 22.9 Å². The topological polar surface area (TPSA) is 65.2 Å². The summed E-state index contributed by atoms with van der Waals surface area (Å²) >= 11 is 1.44. The average molecular weight is 160 g/mol. The summed E-state index contributed by atoms with van der Waals surface area (Å²) in [5.74, 6) is 0. The molecule has 56 valence electrons. The molecule has 4 nitrogen and oxygen atoms in total. The van der Waals surface area contributed by atoms with Crippen molar-refractivity contribution in [3.8, 4) is 0 Å². The van der Waals surface area contributed by atoms with Gasteiger partial charge in [-0.3, -0.25) is 4.79 Å². The predicted octanol–water partition coefficient (Wildman–Crippen LogP) is 0.514. The van der Waals surface area contributed by atoms with Crippen LogP contribution in [0.5, 0.6) is 0 Å². The fourth-order valence-corrected chi connectivity index (χ4v) is 0.617. The van der Waals surface area contributed by atoms with Crippen molar-refractivity contribution < 1.29 is 9.53 Å². The second kappa shape index (κ2) is 6.03. The largest absolute Gasteiger partial charge is 0.471 e. The Balaban J connectivity index is 0.000000180. The van der Waals surface area contributed by atoms with E-state index < -0.39 is 0 Å². The number of ether oxygens (including phenoxy) is 1. The Bertz CT molecular complexity index is 164. The van der Waals surface area contributed by atoms with Crippen LogP contribution in [0.4, 0.5) is 5.13 Å². The maximum atomic E-state index is 8.95. The Morgan fingerprint density at radius 2 is 2.50 bits per heavy atom. The molecule has 0 aliphatic carbocycles. The molecule has 0 fully saturated rings. The van der Waals surface area contributed by atoms with Crippen LogP contribution in [0, 0.1) is 0 Å². The normalized spacial score (nSPS) is 7.30. The molecule has 0 aliphatic heterocycles. The number of methoxy groups -OCH3 is 1. The first kappa shape index (κ1) is 8.90. The number of nitrogen functional groups attached to an aromatic ring is 1. The van der Waals surface area contributed by atoms with Crippen LogP contribution in [0.2, 0.25) is 0 Å². The van der Waals surface area contributed by atoms with Gasteiger partial charge in [0.05, 0.1) is 7.11 Å². The molecule has 1 heterocycles. The highest BCUT2D eigenvalue weighted by atomic mass is 32.1. The van der Waals surface area contributed by atoms with Crippen molar-refractivity contribution in [3.63, 3.8) is 0 Å². The van der Waals surface area contributed by atoms with E-state index in [9.17, 15) is 0 Å². The average Bonchev–Trinajstić information content (AvgIpc) is 2.40. The van der Waals surface area contributed by atoms with Gasteiger partial charge in [-0.15, -0.1) is 11.3 Å². The van der Waals surface area contributed by atoms with Crippen molar-refractivity contribution in [2.45, 2.75) is 0 Å². The van der Waals surface area contributed by atoms with Gasteiger partial charge in [0.2, 0.25) is 0 Å². The first-order valence-corrected chi connectivity index (χ1v) is 3.30. The van der Waals surface area contributed by atoms with Crippen molar-refractivity contribution in [2.75, 3.05) is 12.8 Å². The van der Waals surface area contributed by atoms with E-state index in [0.29, 0.717) is 11.6 Å². The molecule has 0 saturated heterocycles. The van der Waals surface area contributed by atoms with Crippen molar-refractivity contribution in [1.29, 1.82) is 0 Å². The van der Waals surface area contributed by atoms with E-state index in [0.717, 1.165) is 0 Å². The Hall–Kier alpha value is -1.10. The molecule has 0 saturated carbocycles. The van der Waals surface area contributed by atoms with Gasteiger partial charge < -0.3 is 10.5 Å². The number of thiazole rings is 1. The molecule has 1 aromatic heterocycles. The van der Waals surface area contributed by atoms with Crippen LogP contribution in [0.25, 0.3) is 0 Å². The summed E-state index contributed by atoms with van der Waals surface area (Å²) in [6.07, 6.45) is 1.68. The zero-order valence-electron chi connectivity index (χ0n) is 5.48. The smallest absolute Gasteiger partial charge is 0.292 e. The summed E-state index contributed by atoms with van der Waals surface area (Å²) in [4.78, 5) is 12.7. The van der Waals surface area contributed by atoms with Crippen LogP contribution in [0.1, 0.15) is 0 Å². The third kappa shape index (κ3) is 5.04. The number of hydrogen-bond donors (Lipinski definition) is 1. The highest BCUT2D eigenvalue weighted by Gasteiger charge is 1.76. The van der Waals surface area contributed by atoms with Crippen LogP contribution in [0.15, 0.2) is 11.6 Å². The fraction of sp³-hybridized carbons (Fsp3) is 0.200. The molecule has 0 amide bonds. The van der Waals surface area contributed by atoms with E-state index in [2.05, 4.69) is 9.72 Å². The molecule has 1 rings (SSSR count). The number of rotatable bonds is 1. The summed E-state index contributed by atoms with van der Waals surface area (Å²) < 4.78 is 3.86. The lowest BCUT2D eigenvalue weighted by atomic mass is 11.0. The molecule has 0 atom stereocenters. The molecule has 2 N–H and O–H groups in total. The number of aromatic nitrogens is 1. The Morgan fingerprint density at radius 3 is 2.60 bits per heavy atom. The molecule has 0 unspecified atom stereocenters. The van der Waals surface area contributed by atoms with Gasteiger partial charge in [-0.05, 0) is 0 Å². The summed E-state index contributed by atoms with van der Waals surface area (Å²) in [6, 6.07) is 0. The van der Waals surface area contributed by atoms with Crippen LogP contribution in [0.3, 0.4) is 0 Å². The van der Waals surface area contributed by atoms with E-state index in [1.807, 2.05) is 5.38 Å². The van der Waals surface area contributed by atoms with Gasteiger partial charge >= 0.3 is 0 Å². The highest BCUT2D eigenvalue weighted by Crippen LogP contribution is 2.02. The standard InChI is InChI=1S/C3H4N2S.C2H4O2/c4-3-5-1-2-6-3;1-4-2-3/h1-2H,(H2,4,5);2H,1H3. The molecule has 0 radical (unpaired) electrons. The Morgan fingerprint density at radius 1 is 1.90 bits per heavy atom. The molecule has 0 bridgehead atoms. The van der Waals surface area contributed by atoms with Crippen LogP contribution in [-0.2, 0) is 9.53 Å². The maximum Gasteiger partial charge on any atom is 0.292 e. The van der Waals surface area contributed by atoms with E-state index >= 15 is 0 Å². The highest BCUT2D eigenvalue weighted by molar-refractivity contribution is 7.13. The van der Waals surface area contributed by atoms with Gasteiger partial charge in [-0.25, -0.2) is 4.98 Å². The summed E-state index contributed by atoms with van der Waals surface area (Å²) in [6.45, 7) is 0.375. The molecule has 0 aliphatic rings. The van der Waals surface area contributed by atoms with Crippen molar-refractivity contribution in [2.24, 2.45) is 0 Å². The van der Waals surface area contributed by atoms with Crippen LogP contribution < -0.4 is 5.73 Å². The number of nitrogens with zero attached hydrogens (tertiary/aromatic N) is 1. The SMILES string of the molecule is COC=O.Nc1nccs1. The van der Waals surface area contributed by atoms with E-state index in [-0.39, 0.29) is 0 Å². The zero-order valence-corrected chi connectivity index (χ0v) is 6.30. The first-order valence-electron chi connectivity index (χ1n) is 2.42. The minimum Gasteiger partial charge on any atom is -0.471 e. The van der Waals surface area contributed by atoms with E-state index in [1.54, 1.807) is 6.20 Å². The number of anilines is 1. The second-order valence-electron chi connectivity index (χ2n) is 1.20. The molecular formula is C5H8N2O2S. The third-order valence-corrected chi connectivity index (χ3v) is 1.15. The second-order valence-corrected chi connectivity index (χ2v) is 2.13. The van der Waals surface area contributed by atoms with Crippen LogP contribution in [-0.4, -0.2) is 18.6 Å². The molecule has 1 aromatic rings. The van der Waals surface area contributed by atoms with Gasteiger partial charge in [-0.1, -0.05) is 0 Å². The molecule has 5 heteroatoms. The molecular weight excluding hydrogens is 152 g/mol. The van der Waals surface area contributed by atoms with Gasteiger partial charge in [0, 0.05) is 11.6 Å². The third-order valence-electron chi connectivity index (χ3n) is 0.548. The number of carbonyl (C=O) groups excluding carboxylic acids is 1. The minimum atomic E-state index is 0.375. The minimum absolute atomic E-state index is 0.375. The Labute approximate surface area is 62.6 Å².